The van der Waals surface area contributed by atoms with Gasteiger partial charge >= 0.3 is 0 Å². The van der Waals surface area contributed by atoms with Gasteiger partial charge in [-0.2, -0.15) is 0 Å². The van der Waals surface area contributed by atoms with Crippen LogP contribution < -0.4 is 4.74 Å². The highest BCUT2D eigenvalue weighted by Gasteiger charge is 2.08. The summed E-state index contributed by atoms with van der Waals surface area (Å²) in [6, 6.07) is 4.52. The Morgan fingerprint density at radius 2 is 2.12 bits per heavy atom. The molecule has 1 aromatic carbocycles. The average Bonchev–Trinajstić information content (AvgIpc) is 2.16. The van der Waals surface area contributed by atoms with E-state index < -0.39 is 11.9 Å². The van der Waals surface area contributed by atoms with Gasteiger partial charge in [-0.05, 0) is 33.2 Å². The second-order valence-electron chi connectivity index (χ2n) is 4.01. The normalized spacial score (nSPS) is 12.9. The maximum absolute atomic E-state index is 13.4. The Morgan fingerprint density at radius 3 is 2.62 bits per heavy atom. The summed E-state index contributed by atoms with van der Waals surface area (Å²) in [5, 5.41) is 9.26. The van der Waals surface area contributed by atoms with Crippen molar-refractivity contribution in [1.29, 1.82) is 0 Å². The first-order valence-corrected chi connectivity index (χ1v) is 5.25. The molecule has 0 aromatic heterocycles. The summed E-state index contributed by atoms with van der Waals surface area (Å²) >= 11 is 0. The van der Waals surface area contributed by atoms with Gasteiger partial charge in [0.1, 0.15) is 18.2 Å². The standard InChI is InChI=1S/C12H18FNO2/c1-9(15)11-5-4-10(8-12(11)13)16-7-6-14(2)3/h4-5,8-9,15H,6-7H2,1-3H3/t9-/m0/s1. The second-order valence-corrected chi connectivity index (χ2v) is 4.01. The van der Waals surface area contributed by atoms with Gasteiger partial charge in [-0.25, -0.2) is 4.39 Å². The van der Waals surface area contributed by atoms with Crippen LogP contribution in [0.4, 0.5) is 4.39 Å². The Hall–Kier alpha value is -1.13. The minimum absolute atomic E-state index is 0.292. The molecule has 1 aromatic rings. The molecule has 3 nitrogen and oxygen atoms in total. The minimum atomic E-state index is -0.796. The number of hydrogen-bond acceptors (Lipinski definition) is 3. The zero-order valence-electron chi connectivity index (χ0n) is 9.90. The van der Waals surface area contributed by atoms with Crippen LogP contribution in [0.25, 0.3) is 0 Å². The van der Waals surface area contributed by atoms with Crippen LogP contribution in [0.2, 0.25) is 0 Å². The van der Waals surface area contributed by atoms with Gasteiger partial charge in [0, 0.05) is 18.2 Å². The Morgan fingerprint density at radius 1 is 1.44 bits per heavy atom. The van der Waals surface area contributed by atoms with Gasteiger partial charge in [-0.15, -0.1) is 0 Å². The average molecular weight is 227 g/mol. The Kier molecular flexibility index (Phi) is 4.71. The van der Waals surface area contributed by atoms with Crippen molar-refractivity contribution in [3.8, 4) is 5.75 Å². The number of rotatable bonds is 5. The first-order valence-electron chi connectivity index (χ1n) is 5.25. The van der Waals surface area contributed by atoms with Gasteiger partial charge in [0.2, 0.25) is 0 Å². The summed E-state index contributed by atoms with van der Waals surface area (Å²) in [5.41, 5.74) is 0.292. The molecule has 1 rings (SSSR count). The number of hydrogen-bond donors (Lipinski definition) is 1. The lowest BCUT2D eigenvalue weighted by atomic mass is 10.1. The molecule has 0 saturated heterocycles. The van der Waals surface area contributed by atoms with Crippen LogP contribution in [0.1, 0.15) is 18.6 Å². The quantitative estimate of drug-likeness (QED) is 0.832. The third-order valence-electron chi connectivity index (χ3n) is 2.23. The summed E-state index contributed by atoms with van der Waals surface area (Å²) in [4.78, 5) is 1.99. The molecule has 0 saturated carbocycles. The molecule has 0 aliphatic heterocycles. The first-order chi connectivity index (χ1) is 7.50. The summed E-state index contributed by atoms with van der Waals surface area (Å²) in [5.74, 6) is 0.0566. The summed E-state index contributed by atoms with van der Waals surface area (Å²) in [6.45, 7) is 2.82. The molecule has 90 valence electrons. The molecule has 4 heteroatoms. The maximum Gasteiger partial charge on any atom is 0.132 e. The van der Waals surface area contributed by atoms with Crippen molar-refractivity contribution in [2.24, 2.45) is 0 Å². The van der Waals surface area contributed by atoms with Gasteiger partial charge in [-0.1, -0.05) is 0 Å². The molecule has 0 bridgehead atoms. The van der Waals surface area contributed by atoms with E-state index in [-0.39, 0.29) is 0 Å². The van der Waals surface area contributed by atoms with Crippen LogP contribution in [0.3, 0.4) is 0 Å². The number of aliphatic hydroxyl groups excluding tert-OH is 1. The largest absolute Gasteiger partial charge is 0.492 e. The van der Waals surface area contributed by atoms with Crippen molar-refractivity contribution in [2.75, 3.05) is 27.2 Å². The molecule has 0 aliphatic carbocycles. The molecule has 0 radical (unpaired) electrons. The Bertz CT molecular complexity index is 340. The molecule has 16 heavy (non-hydrogen) atoms. The van der Waals surface area contributed by atoms with Crippen LogP contribution in [0.5, 0.6) is 5.75 Å². The van der Waals surface area contributed by atoms with Crippen molar-refractivity contribution in [3.05, 3.63) is 29.6 Å². The third kappa shape index (κ3) is 3.79. The molecule has 1 atom stereocenters. The van der Waals surface area contributed by atoms with Gasteiger partial charge < -0.3 is 14.7 Å². The fourth-order valence-electron chi connectivity index (χ4n) is 1.28. The van der Waals surface area contributed by atoms with Crippen LogP contribution >= 0.6 is 0 Å². The SMILES string of the molecule is C[C@H](O)c1ccc(OCCN(C)C)cc1F. The summed E-state index contributed by atoms with van der Waals surface area (Å²) < 4.78 is 18.8. The van der Waals surface area contributed by atoms with E-state index in [0.717, 1.165) is 6.54 Å². The van der Waals surface area contributed by atoms with Gasteiger partial charge in [0.25, 0.3) is 0 Å². The van der Waals surface area contributed by atoms with Crippen LogP contribution in [-0.2, 0) is 0 Å². The van der Waals surface area contributed by atoms with Crippen LogP contribution in [-0.4, -0.2) is 37.3 Å². The molecule has 0 fully saturated rings. The number of likely N-dealkylation sites (N-methyl/N-ethyl adjacent to an activating group) is 1. The second kappa shape index (κ2) is 5.82. The highest BCUT2D eigenvalue weighted by Crippen LogP contribution is 2.21. The number of aliphatic hydroxyl groups is 1. The van der Waals surface area contributed by atoms with E-state index in [9.17, 15) is 9.50 Å². The van der Waals surface area contributed by atoms with E-state index in [4.69, 9.17) is 4.74 Å². The molecule has 0 aliphatic rings. The monoisotopic (exact) mass is 227 g/mol. The highest BCUT2D eigenvalue weighted by atomic mass is 19.1. The summed E-state index contributed by atoms with van der Waals surface area (Å²) in [7, 11) is 3.89. The van der Waals surface area contributed by atoms with E-state index in [0.29, 0.717) is 17.9 Å². The maximum atomic E-state index is 13.4. The van der Waals surface area contributed by atoms with E-state index in [2.05, 4.69) is 0 Å². The fraction of sp³-hybridized carbons (Fsp3) is 0.500. The number of benzene rings is 1. The summed E-state index contributed by atoms with van der Waals surface area (Å²) in [6.07, 6.45) is -0.796. The zero-order valence-corrected chi connectivity index (χ0v) is 9.90. The van der Waals surface area contributed by atoms with Crippen molar-refractivity contribution in [2.45, 2.75) is 13.0 Å². The van der Waals surface area contributed by atoms with Gasteiger partial charge in [-0.3, -0.25) is 0 Å². The van der Waals surface area contributed by atoms with Crippen molar-refractivity contribution < 1.29 is 14.2 Å². The number of halogens is 1. The first kappa shape index (κ1) is 12.9. The zero-order chi connectivity index (χ0) is 12.1. The van der Waals surface area contributed by atoms with Gasteiger partial charge in [0.15, 0.2) is 0 Å². The lowest BCUT2D eigenvalue weighted by molar-refractivity contribution is 0.193. The number of ether oxygens (including phenoxy) is 1. The van der Waals surface area contributed by atoms with E-state index in [1.165, 1.54) is 13.0 Å². The van der Waals surface area contributed by atoms with Crippen molar-refractivity contribution in [3.63, 3.8) is 0 Å². The lowest BCUT2D eigenvalue weighted by Crippen LogP contribution is -2.19. The number of nitrogens with zero attached hydrogens (tertiary/aromatic N) is 1. The van der Waals surface area contributed by atoms with Crippen LogP contribution in [0.15, 0.2) is 18.2 Å². The Balaban J connectivity index is 2.59. The molecule has 0 unspecified atom stereocenters. The van der Waals surface area contributed by atoms with Gasteiger partial charge in [0.05, 0.1) is 6.10 Å². The molecule has 0 amide bonds. The predicted molar refractivity (Wildman–Crippen MR) is 61.1 cm³/mol. The molecular formula is C12H18FNO2. The Labute approximate surface area is 95.5 Å². The highest BCUT2D eigenvalue weighted by molar-refractivity contribution is 5.29. The van der Waals surface area contributed by atoms with Crippen molar-refractivity contribution in [1.82, 2.24) is 4.90 Å². The van der Waals surface area contributed by atoms with E-state index in [1.807, 2.05) is 19.0 Å². The fourth-order valence-corrected chi connectivity index (χ4v) is 1.28. The smallest absolute Gasteiger partial charge is 0.132 e. The third-order valence-corrected chi connectivity index (χ3v) is 2.23. The molecular weight excluding hydrogens is 209 g/mol. The van der Waals surface area contributed by atoms with E-state index in [1.54, 1.807) is 12.1 Å². The minimum Gasteiger partial charge on any atom is -0.492 e. The predicted octanol–water partition coefficient (Wildman–Crippen LogP) is 1.82. The van der Waals surface area contributed by atoms with E-state index >= 15 is 0 Å². The molecule has 1 N–H and O–H groups in total. The topological polar surface area (TPSA) is 32.7 Å². The van der Waals surface area contributed by atoms with Crippen LogP contribution in [0, 0.1) is 5.82 Å². The lowest BCUT2D eigenvalue weighted by Gasteiger charge is -2.12. The molecule has 0 heterocycles. The van der Waals surface area contributed by atoms with Crippen molar-refractivity contribution >= 4 is 0 Å². The molecule has 0 spiro atoms.